The van der Waals surface area contributed by atoms with Crippen molar-refractivity contribution in [1.29, 1.82) is 0 Å². The van der Waals surface area contributed by atoms with E-state index in [0.717, 1.165) is 56.6 Å². The molecule has 1 aromatic rings. The minimum atomic E-state index is 0.166. The van der Waals surface area contributed by atoms with Crippen molar-refractivity contribution in [3.63, 3.8) is 0 Å². The lowest BCUT2D eigenvalue weighted by Gasteiger charge is -2.26. The second kappa shape index (κ2) is 9.01. The summed E-state index contributed by atoms with van der Waals surface area (Å²) < 4.78 is 7.80. The maximum atomic E-state index is 5.80. The molecule has 2 unspecified atom stereocenters. The number of nitrogens with one attached hydrogen (secondary N) is 2. The number of hydrogen-bond acceptors (Lipinski definition) is 4. The van der Waals surface area contributed by atoms with Gasteiger partial charge in [0.05, 0.1) is 12.1 Å². The number of aromatic nitrogens is 3. The quantitative estimate of drug-likeness (QED) is 0.589. The van der Waals surface area contributed by atoms with Gasteiger partial charge in [-0.15, -0.1) is 0 Å². The summed E-state index contributed by atoms with van der Waals surface area (Å²) >= 11 is 0. The lowest BCUT2D eigenvalue weighted by atomic mass is 10.0. The summed E-state index contributed by atoms with van der Waals surface area (Å²) in [4.78, 5) is 8.91. The lowest BCUT2D eigenvalue weighted by molar-refractivity contribution is 0.0258. The van der Waals surface area contributed by atoms with Crippen molar-refractivity contribution in [2.45, 2.75) is 65.6 Å². The highest BCUT2D eigenvalue weighted by atomic mass is 16.5. The van der Waals surface area contributed by atoms with E-state index in [1.165, 1.54) is 0 Å². The van der Waals surface area contributed by atoms with E-state index >= 15 is 0 Å². The minimum Gasteiger partial charge on any atom is -0.378 e. The number of guanidine groups is 1. The SMILES string of the molecule is CCOC(CCNC(=NC)NC1CCCn2nc(C)nc21)C(C)C. The van der Waals surface area contributed by atoms with E-state index in [-0.39, 0.29) is 12.1 Å². The number of ether oxygens (including phenoxy) is 1. The molecule has 136 valence electrons. The van der Waals surface area contributed by atoms with Crippen LogP contribution in [-0.2, 0) is 11.3 Å². The molecule has 0 saturated carbocycles. The molecular formula is C17H32N6O. The van der Waals surface area contributed by atoms with Crippen molar-refractivity contribution in [2.75, 3.05) is 20.2 Å². The summed E-state index contributed by atoms with van der Waals surface area (Å²) in [5.41, 5.74) is 0. The molecule has 1 aliphatic heterocycles. The highest BCUT2D eigenvalue weighted by molar-refractivity contribution is 5.80. The number of fused-ring (bicyclic) bond motifs is 1. The summed E-state index contributed by atoms with van der Waals surface area (Å²) in [7, 11) is 1.80. The normalized spacial score (nSPS) is 19.2. The molecule has 0 aliphatic carbocycles. The molecule has 0 saturated heterocycles. The highest BCUT2D eigenvalue weighted by Crippen LogP contribution is 2.22. The molecule has 2 heterocycles. The van der Waals surface area contributed by atoms with Crippen LogP contribution < -0.4 is 10.6 Å². The van der Waals surface area contributed by atoms with Gasteiger partial charge in [-0.2, -0.15) is 5.10 Å². The van der Waals surface area contributed by atoms with Crippen LogP contribution in [0.2, 0.25) is 0 Å². The van der Waals surface area contributed by atoms with Gasteiger partial charge in [-0.05, 0) is 39.0 Å². The molecule has 2 atom stereocenters. The molecule has 2 rings (SSSR count). The monoisotopic (exact) mass is 336 g/mol. The van der Waals surface area contributed by atoms with E-state index in [2.05, 4.69) is 39.6 Å². The van der Waals surface area contributed by atoms with Crippen molar-refractivity contribution in [3.8, 4) is 0 Å². The smallest absolute Gasteiger partial charge is 0.191 e. The molecule has 0 spiro atoms. The topological polar surface area (TPSA) is 76.4 Å². The molecule has 2 N–H and O–H groups in total. The zero-order valence-corrected chi connectivity index (χ0v) is 15.7. The first-order valence-corrected chi connectivity index (χ1v) is 9.05. The van der Waals surface area contributed by atoms with Crippen molar-refractivity contribution in [1.82, 2.24) is 25.4 Å². The third-order valence-corrected chi connectivity index (χ3v) is 4.36. The molecule has 24 heavy (non-hydrogen) atoms. The first-order valence-electron chi connectivity index (χ1n) is 9.05. The van der Waals surface area contributed by atoms with E-state index in [9.17, 15) is 0 Å². The van der Waals surface area contributed by atoms with Crippen LogP contribution in [0.25, 0.3) is 0 Å². The Hall–Kier alpha value is -1.63. The molecule has 0 amide bonds. The fourth-order valence-electron chi connectivity index (χ4n) is 3.12. The molecular weight excluding hydrogens is 304 g/mol. The number of hydrogen-bond donors (Lipinski definition) is 2. The fourth-order valence-corrected chi connectivity index (χ4v) is 3.12. The highest BCUT2D eigenvalue weighted by Gasteiger charge is 2.24. The van der Waals surface area contributed by atoms with Crippen molar-refractivity contribution < 1.29 is 4.74 Å². The van der Waals surface area contributed by atoms with Gasteiger partial charge in [0.15, 0.2) is 5.96 Å². The maximum absolute atomic E-state index is 5.80. The Morgan fingerprint density at radius 3 is 2.92 bits per heavy atom. The molecule has 0 fully saturated rings. The van der Waals surface area contributed by atoms with Crippen LogP contribution in [0.15, 0.2) is 4.99 Å². The first kappa shape index (κ1) is 18.7. The molecule has 7 heteroatoms. The van der Waals surface area contributed by atoms with Crippen LogP contribution in [0.5, 0.6) is 0 Å². The van der Waals surface area contributed by atoms with Crippen molar-refractivity contribution >= 4 is 5.96 Å². The van der Waals surface area contributed by atoms with Gasteiger partial charge < -0.3 is 15.4 Å². The summed E-state index contributed by atoms with van der Waals surface area (Å²) in [6, 6.07) is 0.166. The average molecular weight is 336 g/mol. The van der Waals surface area contributed by atoms with Gasteiger partial charge in [0, 0.05) is 26.7 Å². The Kier molecular flexibility index (Phi) is 7.02. The predicted octanol–water partition coefficient (Wildman–Crippen LogP) is 2.04. The van der Waals surface area contributed by atoms with E-state index < -0.39 is 0 Å². The summed E-state index contributed by atoms with van der Waals surface area (Å²) in [6.45, 7) is 10.9. The van der Waals surface area contributed by atoms with Gasteiger partial charge in [0.25, 0.3) is 0 Å². The summed E-state index contributed by atoms with van der Waals surface area (Å²) in [5.74, 6) is 3.17. The Balaban J connectivity index is 1.87. The fraction of sp³-hybridized carbons (Fsp3) is 0.824. The molecule has 0 bridgehead atoms. The number of rotatable bonds is 7. The molecule has 0 radical (unpaired) electrons. The van der Waals surface area contributed by atoms with E-state index in [1.807, 2.05) is 18.5 Å². The zero-order chi connectivity index (χ0) is 17.5. The molecule has 7 nitrogen and oxygen atoms in total. The van der Waals surface area contributed by atoms with Crippen LogP contribution in [0, 0.1) is 12.8 Å². The number of aryl methyl sites for hydroxylation is 2. The van der Waals surface area contributed by atoms with Crippen molar-refractivity contribution in [2.24, 2.45) is 10.9 Å². The van der Waals surface area contributed by atoms with Gasteiger partial charge in [0.2, 0.25) is 0 Å². The number of aliphatic imine (C=N–C) groups is 1. The summed E-state index contributed by atoms with van der Waals surface area (Å²) in [6.07, 6.45) is 3.39. The Labute approximate surface area is 145 Å². The minimum absolute atomic E-state index is 0.166. The largest absolute Gasteiger partial charge is 0.378 e. The zero-order valence-electron chi connectivity index (χ0n) is 15.7. The second-order valence-corrected chi connectivity index (χ2v) is 6.60. The van der Waals surface area contributed by atoms with E-state index in [4.69, 9.17) is 4.74 Å². The second-order valence-electron chi connectivity index (χ2n) is 6.60. The van der Waals surface area contributed by atoms with Crippen molar-refractivity contribution in [3.05, 3.63) is 11.6 Å². The van der Waals surface area contributed by atoms with Crippen LogP contribution in [0.1, 0.15) is 57.7 Å². The summed E-state index contributed by atoms with van der Waals surface area (Å²) in [5, 5.41) is 11.3. The van der Waals surface area contributed by atoms with E-state index in [1.54, 1.807) is 7.05 Å². The first-order chi connectivity index (χ1) is 11.5. The van der Waals surface area contributed by atoms with Gasteiger partial charge in [-0.3, -0.25) is 4.99 Å². The Bertz CT molecular complexity index is 539. The molecule has 1 aromatic heterocycles. The van der Waals surface area contributed by atoms with Crippen LogP contribution in [-0.4, -0.2) is 47.0 Å². The number of nitrogens with zero attached hydrogens (tertiary/aromatic N) is 4. The Morgan fingerprint density at radius 1 is 1.46 bits per heavy atom. The van der Waals surface area contributed by atoms with Gasteiger partial charge in [-0.25, -0.2) is 9.67 Å². The van der Waals surface area contributed by atoms with Crippen LogP contribution >= 0.6 is 0 Å². The predicted molar refractivity (Wildman–Crippen MR) is 96.1 cm³/mol. The van der Waals surface area contributed by atoms with Gasteiger partial charge >= 0.3 is 0 Å². The molecule has 1 aliphatic rings. The third-order valence-electron chi connectivity index (χ3n) is 4.36. The maximum Gasteiger partial charge on any atom is 0.191 e. The lowest BCUT2D eigenvalue weighted by Crippen LogP contribution is -2.42. The standard InChI is InChI=1S/C17H32N6O/c1-6-24-15(12(2)3)9-10-19-17(18-5)21-14-8-7-11-23-16(14)20-13(4)22-23/h12,14-15H,6-11H2,1-5H3,(H2,18,19,21). The van der Waals surface area contributed by atoms with E-state index in [0.29, 0.717) is 5.92 Å². The van der Waals surface area contributed by atoms with Crippen LogP contribution in [0.4, 0.5) is 0 Å². The van der Waals surface area contributed by atoms with Gasteiger partial charge in [-0.1, -0.05) is 13.8 Å². The molecule has 0 aromatic carbocycles. The third kappa shape index (κ3) is 4.93. The van der Waals surface area contributed by atoms with Gasteiger partial charge in [0.1, 0.15) is 11.6 Å². The average Bonchev–Trinajstić information content (AvgIpc) is 2.94. The Morgan fingerprint density at radius 2 is 2.25 bits per heavy atom. The van der Waals surface area contributed by atoms with Crippen LogP contribution in [0.3, 0.4) is 0 Å².